The van der Waals surface area contributed by atoms with E-state index in [0.717, 1.165) is 41.6 Å². The first-order valence-corrected chi connectivity index (χ1v) is 7.10. The van der Waals surface area contributed by atoms with E-state index in [2.05, 4.69) is 22.2 Å². The average molecular weight is 286 g/mol. The van der Waals surface area contributed by atoms with Crippen LogP contribution < -0.4 is 15.0 Å². The molecule has 1 heterocycles. The van der Waals surface area contributed by atoms with Gasteiger partial charge in [0.15, 0.2) is 0 Å². The number of nitrogens with one attached hydrogen (secondary N) is 1. The summed E-state index contributed by atoms with van der Waals surface area (Å²) in [6.45, 7) is 5.07. The fourth-order valence-corrected chi connectivity index (χ4v) is 2.14. The number of nitrogens with zero attached hydrogens (tertiary/aromatic N) is 3. The van der Waals surface area contributed by atoms with Crippen LogP contribution in [0.15, 0.2) is 30.6 Å². The molecule has 0 spiro atoms. The Morgan fingerprint density at radius 3 is 2.81 bits per heavy atom. The minimum Gasteiger partial charge on any atom is -0.497 e. The first-order valence-electron chi connectivity index (χ1n) is 7.10. The normalized spacial score (nSPS) is 10.3. The number of hydrogen-bond acceptors (Lipinski definition) is 5. The summed E-state index contributed by atoms with van der Waals surface area (Å²) in [5.41, 5.74) is 2.06. The van der Waals surface area contributed by atoms with Crippen LogP contribution in [0.2, 0.25) is 0 Å². The summed E-state index contributed by atoms with van der Waals surface area (Å²) in [5, 5.41) is 3.33. The molecule has 0 saturated carbocycles. The highest BCUT2D eigenvalue weighted by Crippen LogP contribution is 2.29. The Kier molecular flexibility index (Phi) is 4.98. The quantitative estimate of drug-likeness (QED) is 0.882. The van der Waals surface area contributed by atoms with Crippen LogP contribution in [0, 0.1) is 6.92 Å². The SMILES string of the molecule is CCCNc1ncnc(N(C)c2cccc(OC)c2)c1C. The van der Waals surface area contributed by atoms with E-state index >= 15 is 0 Å². The fraction of sp³-hybridized carbons (Fsp3) is 0.375. The van der Waals surface area contributed by atoms with Crippen LogP contribution in [0.5, 0.6) is 5.75 Å². The number of benzene rings is 1. The van der Waals surface area contributed by atoms with Crippen molar-refractivity contribution in [3.05, 3.63) is 36.2 Å². The first kappa shape index (κ1) is 15.1. The number of ether oxygens (including phenoxy) is 1. The average Bonchev–Trinajstić information content (AvgIpc) is 2.53. The van der Waals surface area contributed by atoms with Crippen molar-refractivity contribution in [3.63, 3.8) is 0 Å². The molecule has 0 aliphatic heterocycles. The Hall–Kier alpha value is -2.30. The maximum Gasteiger partial charge on any atom is 0.141 e. The maximum atomic E-state index is 5.28. The van der Waals surface area contributed by atoms with Gasteiger partial charge < -0.3 is 15.0 Å². The summed E-state index contributed by atoms with van der Waals surface area (Å²) in [4.78, 5) is 10.8. The lowest BCUT2D eigenvalue weighted by molar-refractivity contribution is 0.415. The topological polar surface area (TPSA) is 50.3 Å². The van der Waals surface area contributed by atoms with Crippen molar-refractivity contribution >= 4 is 17.3 Å². The second-order valence-corrected chi connectivity index (χ2v) is 4.86. The monoisotopic (exact) mass is 286 g/mol. The van der Waals surface area contributed by atoms with Gasteiger partial charge in [-0.2, -0.15) is 0 Å². The summed E-state index contributed by atoms with van der Waals surface area (Å²) in [6.07, 6.45) is 2.65. The van der Waals surface area contributed by atoms with Crippen LogP contribution in [0.4, 0.5) is 17.3 Å². The van der Waals surface area contributed by atoms with E-state index in [1.54, 1.807) is 13.4 Å². The van der Waals surface area contributed by atoms with Gasteiger partial charge in [0.25, 0.3) is 0 Å². The molecule has 112 valence electrons. The Morgan fingerprint density at radius 2 is 2.10 bits per heavy atom. The lowest BCUT2D eigenvalue weighted by Gasteiger charge is -2.21. The van der Waals surface area contributed by atoms with Gasteiger partial charge in [0.05, 0.1) is 7.11 Å². The number of anilines is 3. The smallest absolute Gasteiger partial charge is 0.141 e. The molecule has 1 N–H and O–H groups in total. The molecule has 0 aliphatic carbocycles. The third-order valence-electron chi connectivity index (χ3n) is 3.36. The Bertz CT molecular complexity index is 601. The first-order chi connectivity index (χ1) is 10.2. The van der Waals surface area contributed by atoms with Gasteiger partial charge in [-0.1, -0.05) is 13.0 Å². The van der Waals surface area contributed by atoms with Gasteiger partial charge >= 0.3 is 0 Å². The zero-order valence-electron chi connectivity index (χ0n) is 13.1. The van der Waals surface area contributed by atoms with E-state index in [4.69, 9.17) is 4.74 Å². The van der Waals surface area contributed by atoms with Crippen molar-refractivity contribution in [2.45, 2.75) is 20.3 Å². The highest BCUT2D eigenvalue weighted by atomic mass is 16.5. The molecular weight excluding hydrogens is 264 g/mol. The molecule has 0 bridgehead atoms. The Labute approximate surface area is 126 Å². The third kappa shape index (κ3) is 3.42. The van der Waals surface area contributed by atoms with E-state index in [0.29, 0.717) is 0 Å². The maximum absolute atomic E-state index is 5.28. The van der Waals surface area contributed by atoms with Gasteiger partial charge in [0, 0.05) is 30.9 Å². The zero-order valence-corrected chi connectivity index (χ0v) is 13.1. The largest absolute Gasteiger partial charge is 0.497 e. The van der Waals surface area contributed by atoms with Crippen LogP contribution in [0.3, 0.4) is 0 Å². The highest BCUT2D eigenvalue weighted by Gasteiger charge is 2.12. The summed E-state index contributed by atoms with van der Waals surface area (Å²) in [7, 11) is 3.66. The number of rotatable bonds is 6. The minimum atomic E-state index is 0.829. The minimum absolute atomic E-state index is 0.829. The van der Waals surface area contributed by atoms with Gasteiger partial charge in [0.2, 0.25) is 0 Å². The molecule has 0 fully saturated rings. The van der Waals surface area contributed by atoms with Crippen LogP contribution in [0.1, 0.15) is 18.9 Å². The molecule has 21 heavy (non-hydrogen) atoms. The summed E-state index contributed by atoms with van der Waals surface area (Å²) < 4.78 is 5.28. The molecule has 5 heteroatoms. The summed E-state index contributed by atoms with van der Waals surface area (Å²) in [6, 6.07) is 7.92. The summed E-state index contributed by atoms with van der Waals surface area (Å²) >= 11 is 0. The molecule has 0 radical (unpaired) electrons. The molecule has 2 aromatic rings. The Balaban J connectivity index is 2.31. The fourth-order valence-electron chi connectivity index (χ4n) is 2.14. The predicted octanol–water partition coefficient (Wildman–Crippen LogP) is 3.38. The van der Waals surface area contributed by atoms with E-state index < -0.39 is 0 Å². The highest BCUT2D eigenvalue weighted by molar-refractivity contribution is 5.67. The van der Waals surface area contributed by atoms with Gasteiger partial charge in [-0.3, -0.25) is 0 Å². The second-order valence-electron chi connectivity index (χ2n) is 4.86. The Morgan fingerprint density at radius 1 is 1.29 bits per heavy atom. The third-order valence-corrected chi connectivity index (χ3v) is 3.36. The number of methoxy groups -OCH3 is 1. The second kappa shape index (κ2) is 6.92. The molecule has 1 aromatic carbocycles. The zero-order chi connectivity index (χ0) is 15.2. The number of hydrogen-bond donors (Lipinski definition) is 1. The molecule has 0 atom stereocenters. The standard InChI is InChI=1S/C16H22N4O/c1-5-9-17-15-12(2)16(19-11-18-15)20(3)13-7-6-8-14(10-13)21-4/h6-8,10-11H,5,9H2,1-4H3,(H,17,18,19). The van der Waals surface area contributed by atoms with Crippen molar-refractivity contribution in [1.82, 2.24) is 9.97 Å². The van der Waals surface area contributed by atoms with Gasteiger partial charge in [-0.15, -0.1) is 0 Å². The van der Waals surface area contributed by atoms with Crippen molar-refractivity contribution in [1.29, 1.82) is 0 Å². The van der Waals surface area contributed by atoms with E-state index in [1.807, 2.05) is 43.1 Å². The van der Waals surface area contributed by atoms with Crippen LogP contribution in [-0.4, -0.2) is 30.7 Å². The molecule has 0 unspecified atom stereocenters. The molecule has 0 saturated heterocycles. The molecule has 5 nitrogen and oxygen atoms in total. The van der Waals surface area contributed by atoms with Gasteiger partial charge in [-0.05, 0) is 25.5 Å². The molecule has 1 aromatic heterocycles. The van der Waals surface area contributed by atoms with Crippen molar-refractivity contribution in [3.8, 4) is 5.75 Å². The lowest BCUT2D eigenvalue weighted by Crippen LogP contribution is -2.15. The van der Waals surface area contributed by atoms with Crippen molar-refractivity contribution in [2.75, 3.05) is 30.9 Å². The van der Waals surface area contributed by atoms with Crippen LogP contribution >= 0.6 is 0 Å². The molecule has 2 rings (SSSR count). The van der Waals surface area contributed by atoms with Crippen LogP contribution in [0.25, 0.3) is 0 Å². The molecule has 0 amide bonds. The van der Waals surface area contributed by atoms with Crippen molar-refractivity contribution < 1.29 is 4.74 Å². The van der Waals surface area contributed by atoms with Crippen molar-refractivity contribution in [2.24, 2.45) is 0 Å². The van der Waals surface area contributed by atoms with E-state index in [-0.39, 0.29) is 0 Å². The summed E-state index contributed by atoms with van der Waals surface area (Å²) in [5.74, 6) is 2.60. The van der Waals surface area contributed by atoms with Gasteiger partial charge in [0.1, 0.15) is 23.7 Å². The van der Waals surface area contributed by atoms with E-state index in [1.165, 1.54) is 0 Å². The van der Waals surface area contributed by atoms with Crippen LogP contribution in [-0.2, 0) is 0 Å². The molecule has 0 aliphatic rings. The van der Waals surface area contributed by atoms with E-state index in [9.17, 15) is 0 Å². The predicted molar refractivity (Wildman–Crippen MR) is 86.6 cm³/mol. The lowest BCUT2D eigenvalue weighted by atomic mass is 10.2. The molecular formula is C16H22N4O. The van der Waals surface area contributed by atoms with Gasteiger partial charge in [-0.25, -0.2) is 9.97 Å². The number of aromatic nitrogens is 2.